The largest absolute Gasteiger partial charge is 0.457 e. The average Bonchev–Trinajstić information content (AvgIpc) is 3.41. The number of nitro benzene ring substituents is 1. The zero-order valence-corrected chi connectivity index (χ0v) is 16.7. The molecule has 1 amide bonds. The molecule has 0 saturated carbocycles. The average molecular weight is 441 g/mol. The number of hydrogen-bond acceptors (Lipinski definition) is 6. The summed E-state index contributed by atoms with van der Waals surface area (Å²) in [6, 6.07) is 16.0. The number of amides is 1. The fourth-order valence-corrected chi connectivity index (χ4v) is 3.47. The molecule has 0 aliphatic carbocycles. The van der Waals surface area contributed by atoms with Crippen molar-refractivity contribution in [2.24, 2.45) is 0 Å². The quantitative estimate of drug-likeness (QED) is 0.293. The van der Waals surface area contributed by atoms with Gasteiger partial charge in [0.15, 0.2) is 5.69 Å². The molecule has 0 saturated heterocycles. The number of nitrogens with zero attached hydrogens (tertiary/aromatic N) is 2. The van der Waals surface area contributed by atoms with Gasteiger partial charge in [-0.25, -0.2) is 0 Å². The number of ether oxygens (including phenoxy) is 1. The minimum Gasteiger partial charge on any atom is -0.457 e. The molecule has 0 aliphatic heterocycles. The lowest BCUT2D eigenvalue weighted by molar-refractivity contribution is -0.384. The number of anilines is 1. The molecule has 10 heteroatoms. The highest BCUT2D eigenvalue weighted by Crippen LogP contribution is 2.31. The van der Waals surface area contributed by atoms with Crippen molar-refractivity contribution in [3.63, 3.8) is 0 Å². The molecule has 150 valence electrons. The van der Waals surface area contributed by atoms with Gasteiger partial charge in [-0.3, -0.25) is 20.0 Å². The molecule has 2 N–H and O–H groups in total. The van der Waals surface area contributed by atoms with E-state index in [0.29, 0.717) is 16.5 Å². The summed E-state index contributed by atoms with van der Waals surface area (Å²) in [5.74, 6) is 0.139. The van der Waals surface area contributed by atoms with Crippen molar-refractivity contribution >= 4 is 40.2 Å². The molecule has 2 aromatic carbocycles. The van der Waals surface area contributed by atoms with E-state index in [1.165, 1.54) is 29.5 Å². The molecule has 0 bridgehead atoms. The first-order valence-electron chi connectivity index (χ1n) is 8.61. The lowest BCUT2D eigenvalue weighted by atomic mass is 10.2. The van der Waals surface area contributed by atoms with Crippen LogP contribution in [0.2, 0.25) is 5.02 Å². The Hall–Kier alpha value is -3.69. The number of H-pyrrole nitrogens is 1. The standard InChI is InChI=1S/C20H13ClN4O4S/c21-12-3-5-15(6-4-12)29-16-9-13(8-14(10-16)25(27)28)22-20(26)18-11-17(23-24-18)19-2-1-7-30-19/h1-11H,(H,22,26)(H,23,24). The Balaban J connectivity index is 1.57. The predicted octanol–water partition coefficient (Wildman–Crippen LogP) is 5.74. The lowest BCUT2D eigenvalue weighted by Crippen LogP contribution is -2.12. The third-order valence-corrected chi connectivity index (χ3v) is 5.16. The number of non-ortho nitro benzene ring substituents is 1. The fraction of sp³-hybridized carbons (Fsp3) is 0. The Kier molecular flexibility index (Phi) is 5.46. The molecule has 0 unspecified atom stereocenters. The van der Waals surface area contributed by atoms with E-state index in [0.717, 1.165) is 4.88 Å². The van der Waals surface area contributed by atoms with Crippen molar-refractivity contribution in [3.05, 3.63) is 86.9 Å². The van der Waals surface area contributed by atoms with Gasteiger partial charge in [-0.2, -0.15) is 5.10 Å². The van der Waals surface area contributed by atoms with Crippen LogP contribution in [-0.4, -0.2) is 21.0 Å². The number of benzene rings is 2. The molecule has 8 nitrogen and oxygen atoms in total. The van der Waals surface area contributed by atoms with Gasteiger partial charge in [0.1, 0.15) is 11.5 Å². The number of carbonyl (C=O) groups is 1. The maximum atomic E-state index is 12.6. The molecule has 0 aliphatic rings. The van der Waals surface area contributed by atoms with Crippen molar-refractivity contribution in [3.8, 4) is 22.1 Å². The molecule has 2 aromatic heterocycles. The van der Waals surface area contributed by atoms with E-state index >= 15 is 0 Å². The maximum absolute atomic E-state index is 12.6. The summed E-state index contributed by atoms with van der Waals surface area (Å²) < 4.78 is 5.67. The molecule has 0 atom stereocenters. The van der Waals surface area contributed by atoms with E-state index in [4.69, 9.17) is 16.3 Å². The first-order chi connectivity index (χ1) is 14.5. The third-order valence-electron chi connectivity index (χ3n) is 4.01. The van der Waals surface area contributed by atoms with Crippen molar-refractivity contribution in [2.45, 2.75) is 0 Å². The minimum atomic E-state index is -0.562. The van der Waals surface area contributed by atoms with Gasteiger partial charge in [0.2, 0.25) is 0 Å². The maximum Gasteiger partial charge on any atom is 0.276 e. The van der Waals surface area contributed by atoms with Crippen LogP contribution in [0.3, 0.4) is 0 Å². The smallest absolute Gasteiger partial charge is 0.276 e. The van der Waals surface area contributed by atoms with Gasteiger partial charge in [-0.1, -0.05) is 17.7 Å². The van der Waals surface area contributed by atoms with Crippen LogP contribution in [0.15, 0.2) is 66.0 Å². The monoisotopic (exact) mass is 440 g/mol. The molecule has 0 fully saturated rings. The van der Waals surface area contributed by atoms with Crippen molar-refractivity contribution in [1.82, 2.24) is 10.2 Å². The number of aromatic nitrogens is 2. The summed E-state index contributed by atoms with van der Waals surface area (Å²) in [6.45, 7) is 0. The second-order valence-electron chi connectivity index (χ2n) is 6.13. The number of aromatic amines is 1. The van der Waals surface area contributed by atoms with Gasteiger partial charge in [0.05, 0.1) is 27.2 Å². The van der Waals surface area contributed by atoms with Gasteiger partial charge in [-0.05, 0) is 41.8 Å². The summed E-state index contributed by atoms with van der Waals surface area (Å²) in [5.41, 5.74) is 0.850. The molecule has 30 heavy (non-hydrogen) atoms. The first-order valence-corrected chi connectivity index (χ1v) is 9.87. The molecule has 4 aromatic rings. The number of nitro groups is 1. The minimum absolute atomic E-state index is 0.157. The van der Waals surface area contributed by atoms with Crippen LogP contribution in [0.5, 0.6) is 11.5 Å². The second kappa shape index (κ2) is 8.36. The molecule has 0 radical (unpaired) electrons. The van der Waals surface area contributed by atoms with E-state index in [1.54, 1.807) is 30.3 Å². The lowest BCUT2D eigenvalue weighted by Gasteiger charge is -2.09. The molecule has 4 rings (SSSR count). The number of hydrogen-bond donors (Lipinski definition) is 2. The summed E-state index contributed by atoms with van der Waals surface area (Å²) in [6.07, 6.45) is 0. The highest BCUT2D eigenvalue weighted by atomic mass is 35.5. The zero-order valence-electron chi connectivity index (χ0n) is 15.2. The third kappa shape index (κ3) is 4.48. The van der Waals surface area contributed by atoms with Crippen molar-refractivity contribution in [1.29, 1.82) is 0 Å². The van der Waals surface area contributed by atoms with Crippen LogP contribution in [0, 0.1) is 10.1 Å². The highest BCUT2D eigenvalue weighted by Gasteiger charge is 2.16. The Bertz CT molecular complexity index is 1210. The van der Waals surface area contributed by atoms with Crippen molar-refractivity contribution in [2.75, 3.05) is 5.32 Å². The van der Waals surface area contributed by atoms with Gasteiger partial charge < -0.3 is 10.1 Å². The van der Waals surface area contributed by atoms with E-state index in [-0.39, 0.29) is 22.8 Å². The Morgan fingerprint density at radius 3 is 2.63 bits per heavy atom. The van der Waals surface area contributed by atoms with E-state index < -0.39 is 10.8 Å². The Morgan fingerprint density at radius 1 is 1.13 bits per heavy atom. The van der Waals surface area contributed by atoms with E-state index in [1.807, 2.05) is 17.5 Å². The number of halogens is 1. The molecular weight excluding hydrogens is 428 g/mol. The fourth-order valence-electron chi connectivity index (χ4n) is 2.65. The topological polar surface area (TPSA) is 110 Å². The van der Waals surface area contributed by atoms with Gasteiger partial charge in [0, 0.05) is 17.2 Å². The van der Waals surface area contributed by atoms with Gasteiger partial charge in [-0.15, -0.1) is 11.3 Å². The summed E-state index contributed by atoms with van der Waals surface area (Å²) >= 11 is 7.37. The zero-order chi connectivity index (χ0) is 21.1. The normalized spacial score (nSPS) is 10.6. The van der Waals surface area contributed by atoms with E-state index in [2.05, 4.69) is 15.5 Å². The molecule has 2 heterocycles. The number of rotatable bonds is 6. The van der Waals surface area contributed by atoms with E-state index in [9.17, 15) is 14.9 Å². The SMILES string of the molecule is O=C(Nc1cc(Oc2ccc(Cl)cc2)cc([N+](=O)[O-])c1)c1cc(-c2cccs2)[nH]n1. The summed E-state index contributed by atoms with van der Waals surface area (Å²) in [4.78, 5) is 24.2. The molecular formula is C20H13ClN4O4S. The van der Waals surface area contributed by atoms with Crippen LogP contribution in [0.1, 0.15) is 10.5 Å². The Labute approximate surface area is 179 Å². The van der Waals surface area contributed by atoms with Crippen LogP contribution >= 0.6 is 22.9 Å². The van der Waals surface area contributed by atoms with Gasteiger partial charge >= 0.3 is 0 Å². The van der Waals surface area contributed by atoms with Crippen LogP contribution in [-0.2, 0) is 0 Å². The van der Waals surface area contributed by atoms with Crippen LogP contribution in [0.4, 0.5) is 11.4 Å². The van der Waals surface area contributed by atoms with Crippen molar-refractivity contribution < 1.29 is 14.5 Å². The number of thiophene rings is 1. The highest BCUT2D eigenvalue weighted by molar-refractivity contribution is 7.13. The Morgan fingerprint density at radius 2 is 1.93 bits per heavy atom. The summed E-state index contributed by atoms with van der Waals surface area (Å²) in [5, 5.41) is 23.2. The number of nitrogens with one attached hydrogen (secondary N) is 2. The summed E-state index contributed by atoms with van der Waals surface area (Å²) in [7, 11) is 0. The first kappa shape index (κ1) is 19.6. The second-order valence-corrected chi connectivity index (χ2v) is 7.51. The van der Waals surface area contributed by atoms with Crippen LogP contribution < -0.4 is 10.1 Å². The predicted molar refractivity (Wildman–Crippen MR) is 114 cm³/mol. The number of carbonyl (C=O) groups excluding carboxylic acids is 1. The van der Waals surface area contributed by atoms with Gasteiger partial charge in [0.25, 0.3) is 11.6 Å². The molecule has 0 spiro atoms. The van der Waals surface area contributed by atoms with Crippen LogP contribution in [0.25, 0.3) is 10.6 Å².